The lowest BCUT2D eigenvalue weighted by atomic mass is 10.1. The summed E-state index contributed by atoms with van der Waals surface area (Å²) in [5.74, 6) is 0.550. The van der Waals surface area contributed by atoms with E-state index in [1.165, 1.54) is 0 Å². The molecular weight excluding hydrogens is 392 g/mol. The van der Waals surface area contributed by atoms with E-state index in [1.54, 1.807) is 4.90 Å². The Labute approximate surface area is 182 Å². The number of para-hydroxylation sites is 2. The van der Waals surface area contributed by atoms with E-state index < -0.39 is 0 Å². The summed E-state index contributed by atoms with van der Waals surface area (Å²) in [5.41, 5.74) is 3.01. The summed E-state index contributed by atoms with van der Waals surface area (Å²) < 4.78 is 5.81. The molecule has 2 amide bonds. The first kappa shape index (κ1) is 21.1. The van der Waals surface area contributed by atoms with Crippen molar-refractivity contribution < 1.29 is 14.0 Å². The number of carbonyl (C=O) groups is 2. The monoisotopic (exact) mass is 420 g/mol. The Balaban J connectivity index is 1.38. The van der Waals surface area contributed by atoms with Crippen LogP contribution in [0.15, 0.2) is 52.9 Å². The third-order valence-electron chi connectivity index (χ3n) is 5.77. The zero-order chi connectivity index (χ0) is 22.0. The molecule has 3 aromatic rings. The predicted molar refractivity (Wildman–Crippen MR) is 120 cm³/mol. The zero-order valence-corrected chi connectivity index (χ0v) is 18.2. The minimum atomic E-state index is -0.0191. The van der Waals surface area contributed by atoms with Crippen LogP contribution in [0.2, 0.25) is 0 Å². The molecule has 0 saturated heterocycles. The first-order chi connectivity index (χ1) is 14.9. The fourth-order valence-electron chi connectivity index (χ4n) is 4.12. The highest BCUT2D eigenvalue weighted by Crippen LogP contribution is 2.27. The fraction of sp³-hybridized carbons (Fsp3) is 0.375. The van der Waals surface area contributed by atoms with Gasteiger partial charge in [-0.25, -0.2) is 4.98 Å². The van der Waals surface area contributed by atoms with Gasteiger partial charge < -0.3 is 19.5 Å². The number of hydrogen-bond acceptors (Lipinski definition) is 5. The topological polar surface area (TPSA) is 78.7 Å². The molecule has 1 fully saturated rings. The molecule has 1 aromatic heterocycles. The quantitative estimate of drug-likeness (QED) is 0.663. The van der Waals surface area contributed by atoms with Crippen molar-refractivity contribution in [1.29, 1.82) is 0 Å². The lowest BCUT2D eigenvalue weighted by Crippen LogP contribution is -2.41. The second-order valence-electron chi connectivity index (χ2n) is 8.45. The first-order valence-electron chi connectivity index (χ1n) is 10.6. The van der Waals surface area contributed by atoms with E-state index in [1.807, 2.05) is 74.6 Å². The molecule has 0 radical (unpaired) electrons. The maximum atomic E-state index is 13.0. The fourth-order valence-corrected chi connectivity index (χ4v) is 4.12. The van der Waals surface area contributed by atoms with Crippen LogP contribution in [-0.2, 0) is 4.79 Å². The Morgan fingerprint density at radius 1 is 1.06 bits per heavy atom. The molecule has 2 atom stereocenters. The summed E-state index contributed by atoms with van der Waals surface area (Å²) >= 11 is 0. The van der Waals surface area contributed by atoms with Gasteiger partial charge in [-0.15, -0.1) is 0 Å². The molecule has 1 heterocycles. The molecule has 1 N–H and O–H groups in total. The SMILES string of the molecule is CN(C)CC(=O)NC1CCC(N(C)C(=O)c2ccc(-c3nc4ccccc4o3)cc2)C1. The Hall–Kier alpha value is -3.19. The highest BCUT2D eigenvalue weighted by Gasteiger charge is 2.31. The van der Waals surface area contributed by atoms with Gasteiger partial charge in [0.1, 0.15) is 5.52 Å². The van der Waals surface area contributed by atoms with Crippen LogP contribution in [0.5, 0.6) is 0 Å². The summed E-state index contributed by atoms with van der Waals surface area (Å²) in [4.78, 5) is 33.1. The van der Waals surface area contributed by atoms with Crippen LogP contribution in [0.3, 0.4) is 0 Å². The first-order valence-corrected chi connectivity index (χ1v) is 10.6. The number of amides is 2. The van der Waals surface area contributed by atoms with Crippen LogP contribution < -0.4 is 5.32 Å². The standard InChI is InChI=1S/C24H28N4O3/c1-27(2)15-22(29)25-18-12-13-19(14-18)28(3)24(30)17-10-8-16(9-11-17)23-26-20-6-4-5-7-21(20)31-23/h4-11,18-19H,12-15H2,1-3H3,(H,25,29). The van der Waals surface area contributed by atoms with Gasteiger partial charge >= 0.3 is 0 Å². The summed E-state index contributed by atoms with van der Waals surface area (Å²) in [6, 6.07) is 15.2. The van der Waals surface area contributed by atoms with E-state index in [2.05, 4.69) is 10.3 Å². The van der Waals surface area contributed by atoms with Gasteiger partial charge in [0.05, 0.1) is 6.54 Å². The van der Waals surface area contributed by atoms with Gasteiger partial charge in [0.2, 0.25) is 11.8 Å². The van der Waals surface area contributed by atoms with Crippen LogP contribution in [-0.4, -0.2) is 66.4 Å². The van der Waals surface area contributed by atoms with E-state index in [9.17, 15) is 9.59 Å². The number of hydrogen-bond donors (Lipinski definition) is 1. The summed E-state index contributed by atoms with van der Waals surface area (Å²) in [5, 5.41) is 3.07. The van der Waals surface area contributed by atoms with E-state index in [0.717, 1.165) is 35.9 Å². The Bertz CT molecular complexity index is 1040. The van der Waals surface area contributed by atoms with Crippen LogP contribution in [0, 0.1) is 0 Å². The number of nitrogens with zero attached hydrogens (tertiary/aromatic N) is 3. The van der Waals surface area contributed by atoms with Gasteiger partial charge in [0.25, 0.3) is 5.91 Å². The number of nitrogens with one attached hydrogen (secondary N) is 1. The van der Waals surface area contributed by atoms with Crippen molar-refractivity contribution in [2.45, 2.75) is 31.3 Å². The molecule has 1 saturated carbocycles. The number of aromatic nitrogens is 1. The van der Waals surface area contributed by atoms with E-state index >= 15 is 0 Å². The average molecular weight is 421 g/mol. The Kier molecular flexibility index (Phi) is 6.04. The summed E-state index contributed by atoms with van der Waals surface area (Å²) in [7, 11) is 5.59. The van der Waals surface area contributed by atoms with E-state index in [0.29, 0.717) is 18.0 Å². The average Bonchev–Trinajstić information content (AvgIpc) is 3.39. The lowest BCUT2D eigenvalue weighted by Gasteiger charge is -2.25. The number of carbonyl (C=O) groups excluding carboxylic acids is 2. The van der Waals surface area contributed by atoms with Crippen LogP contribution >= 0.6 is 0 Å². The second-order valence-corrected chi connectivity index (χ2v) is 8.45. The highest BCUT2D eigenvalue weighted by molar-refractivity contribution is 5.94. The van der Waals surface area contributed by atoms with E-state index in [4.69, 9.17) is 4.42 Å². The van der Waals surface area contributed by atoms with Gasteiger partial charge in [0.15, 0.2) is 5.58 Å². The van der Waals surface area contributed by atoms with Crippen LogP contribution in [0.1, 0.15) is 29.6 Å². The van der Waals surface area contributed by atoms with Crippen molar-refractivity contribution >= 4 is 22.9 Å². The smallest absolute Gasteiger partial charge is 0.253 e. The lowest BCUT2D eigenvalue weighted by molar-refractivity contribution is -0.122. The van der Waals surface area contributed by atoms with Gasteiger partial charge in [0, 0.05) is 30.3 Å². The Morgan fingerprint density at radius 2 is 1.81 bits per heavy atom. The zero-order valence-electron chi connectivity index (χ0n) is 18.2. The molecule has 162 valence electrons. The normalized spacial score (nSPS) is 18.5. The van der Waals surface area contributed by atoms with Gasteiger partial charge in [-0.05, 0) is 69.8 Å². The molecule has 0 spiro atoms. The van der Waals surface area contributed by atoms with Crippen LogP contribution in [0.4, 0.5) is 0 Å². The van der Waals surface area contributed by atoms with Gasteiger partial charge in [-0.1, -0.05) is 12.1 Å². The van der Waals surface area contributed by atoms with Gasteiger partial charge in [-0.3, -0.25) is 9.59 Å². The second kappa shape index (κ2) is 8.89. The molecule has 0 bridgehead atoms. The maximum absolute atomic E-state index is 13.0. The number of likely N-dealkylation sites (N-methyl/N-ethyl adjacent to an activating group) is 1. The third kappa shape index (κ3) is 4.77. The maximum Gasteiger partial charge on any atom is 0.253 e. The van der Waals surface area contributed by atoms with Crippen molar-refractivity contribution in [3.05, 3.63) is 54.1 Å². The predicted octanol–water partition coefficient (Wildman–Crippen LogP) is 3.17. The van der Waals surface area contributed by atoms with Crippen molar-refractivity contribution in [2.24, 2.45) is 0 Å². The number of oxazole rings is 1. The highest BCUT2D eigenvalue weighted by atomic mass is 16.3. The van der Waals surface area contributed by atoms with Crippen molar-refractivity contribution in [2.75, 3.05) is 27.7 Å². The molecule has 2 unspecified atom stereocenters. The number of benzene rings is 2. The van der Waals surface area contributed by atoms with Gasteiger partial charge in [-0.2, -0.15) is 0 Å². The molecular formula is C24H28N4O3. The molecule has 7 heteroatoms. The molecule has 31 heavy (non-hydrogen) atoms. The summed E-state index contributed by atoms with van der Waals surface area (Å²) in [6.07, 6.45) is 2.55. The minimum Gasteiger partial charge on any atom is -0.436 e. The molecule has 1 aliphatic rings. The molecule has 2 aromatic carbocycles. The number of rotatable bonds is 6. The largest absolute Gasteiger partial charge is 0.436 e. The Morgan fingerprint density at radius 3 is 2.52 bits per heavy atom. The van der Waals surface area contributed by atoms with Crippen molar-refractivity contribution in [1.82, 2.24) is 20.1 Å². The third-order valence-corrected chi connectivity index (χ3v) is 5.77. The molecule has 7 nitrogen and oxygen atoms in total. The van der Waals surface area contributed by atoms with Crippen molar-refractivity contribution in [3.63, 3.8) is 0 Å². The number of fused-ring (bicyclic) bond motifs is 1. The van der Waals surface area contributed by atoms with Crippen molar-refractivity contribution in [3.8, 4) is 11.5 Å². The van der Waals surface area contributed by atoms with E-state index in [-0.39, 0.29) is 23.9 Å². The summed E-state index contributed by atoms with van der Waals surface area (Å²) in [6.45, 7) is 0.377. The van der Waals surface area contributed by atoms with Crippen LogP contribution in [0.25, 0.3) is 22.6 Å². The molecule has 4 rings (SSSR count). The minimum absolute atomic E-state index is 0.0191. The molecule has 1 aliphatic carbocycles. The molecule has 0 aliphatic heterocycles.